The number of unbranched alkanes of at least 4 members (excludes halogenated alkanes) is 9. The molecule has 0 unspecified atom stereocenters. The first-order chi connectivity index (χ1) is 13.8. The molecule has 0 fully saturated rings. The second-order valence-corrected chi connectivity index (χ2v) is 7.58. The summed E-state index contributed by atoms with van der Waals surface area (Å²) in [4.78, 5) is 2.39. The van der Waals surface area contributed by atoms with Gasteiger partial charge in [-0.2, -0.15) is 0 Å². The van der Waals surface area contributed by atoms with Crippen LogP contribution in [-0.2, 0) is 0 Å². The number of nitrogens with two attached hydrogens (primary N) is 2. The Kier molecular flexibility index (Phi) is 15.6. The van der Waals surface area contributed by atoms with E-state index in [0.717, 1.165) is 57.1 Å². The quantitative estimate of drug-likeness (QED) is 0.333. The van der Waals surface area contributed by atoms with Crippen molar-refractivity contribution in [2.45, 2.75) is 64.2 Å². The SMILES string of the molecule is C=Cc1ccc(OCCCCCCCCCCCCN(CCN)CCN)cc1. The molecule has 0 saturated heterocycles. The third-order valence-corrected chi connectivity index (χ3v) is 5.14. The van der Waals surface area contributed by atoms with Gasteiger partial charge >= 0.3 is 0 Å². The molecule has 1 rings (SSSR count). The van der Waals surface area contributed by atoms with Gasteiger partial charge in [-0.25, -0.2) is 0 Å². The Labute approximate surface area is 173 Å². The molecule has 1 aromatic carbocycles. The summed E-state index contributed by atoms with van der Waals surface area (Å²) < 4.78 is 5.78. The van der Waals surface area contributed by atoms with Gasteiger partial charge in [0.1, 0.15) is 5.75 Å². The van der Waals surface area contributed by atoms with Crippen molar-refractivity contribution in [2.24, 2.45) is 11.5 Å². The van der Waals surface area contributed by atoms with Crippen LogP contribution in [0.2, 0.25) is 0 Å². The van der Waals surface area contributed by atoms with Gasteiger partial charge in [-0.05, 0) is 37.1 Å². The lowest BCUT2D eigenvalue weighted by Crippen LogP contribution is -2.34. The van der Waals surface area contributed by atoms with Crippen LogP contribution < -0.4 is 16.2 Å². The van der Waals surface area contributed by atoms with Crippen LogP contribution in [0.3, 0.4) is 0 Å². The van der Waals surface area contributed by atoms with Gasteiger partial charge in [-0.3, -0.25) is 0 Å². The maximum Gasteiger partial charge on any atom is 0.119 e. The first kappa shape index (κ1) is 24.7. The summed E-state index contributed by atoms with van der Waals surface area (Å²) in [6.07, 6.45) is 15.0. The zero-order valence-corrected chi connectivity index (χ0v) is 17.9. The molecule has 4 nitrogen and oxygen atoms in total. The third kappa shape index (κ3) is 12.9. The molecule has 160 valence electrons. The van der Waals surface area contributed by atoms with Crippen molar-refractivity contribution in [3.63, 3.8) is 0 Å². The molecule has 0 aromatic heterocycles. The highest BCUT2D eigenvalue weighted by Crippen LogP contribution is 2.14. The van der Waals surface area contributed by atoms with Crippen LogP contribution in [0.25, 0.3) is 6.08 Å². The van der Waals surface area contributed by atoms with Crippen LogP contribution in [0.5, 0.6) is 5.75 Å². The molecular formula is C24H43N3O. The molecule has 0 bridgehead atoms. The molecule has 0 aliphatic carbocycles. The number of nitrogens with zero attached hydrogens (tertiary/aromatic N) is 1. The lowest BCUT2D eigenvalue weighted by atomic mass is 10.1. The fourth-order valence-corrected chi connectivity index (χ4v) is 3.44. The fourth-order valence-electron chi connectivity index (χ4n) is 3.44. The fraction of sp³-hybridized carbons (Fsp3) is 0.667. The van der Waals surface area contributed by atoms with E-state index in [4.69, 9.17) is 16.2 Å². The van der Waals surface area contributed by atoms with Crippen LogP contribution in [0.15, 0.2) is 30.8 Å². The average molecular weight is 390 g/mol. The highest BCUT2D eigenvalue weighted by atomic mass is 16.5. The molecule has 0 amide bonds. The van der Waals surface area contributed by atoms with Gasteiger partial charge in [0.2, 0.25) is 0 Å². The van der Waals surface area contributed by atoms with Crippen LogP contribution in [-0.4, -0.2) is 44.2 Å². The minimum Gasteiger partial charge on any atom is -0.494 e. The van der Waals surface area contributed by atoms with E-state index in [2.05, 4.69) is 11.5 Å². The number of hydrogen-bond donors (Lipinski definition) is 2. The largest absolute Gasteiger partial charge is 0.494 e. The van der Waals surface area contributed by atoms with E-state index in [0.29, 0.717) is 0 Å². The standard InChI is InChI=1S/C24H43N3O/c1-2-23-13-15-24(16-14-23)28-22-12-10-8-6-4-3-5-7-9-11-19-27(20-17-25)21-18-26/h2,13-16H,1,3-12,17-22,25-26H2. The van der Waals surface area contributed by atoms with E-state index in [9.17, 15) is 0 Å². The van der Waals surface area contributed by atoms with Gasteiger partial charge in [0, 0.05) is 26.2 Å². The first-order valence-corrected chi connectivity index (χ1v) is 11.3. The van der Waals surface area contributed by atoms with Crippen LogP contribution in [0, 0.1) is 0 Å². The zero-order chi connectivity index (χ0) is 20.3. The third-order valence-electron chi connectivity index (χ3n) is 5.14. The monoisotopic (exact) mass is 389 g/mol. The minimum atomic E-state index is 0.731. The molecule has 0 aliphatic rings. The lowest BCUT2D eigenvalue weighted by molar-refractivity contribution is 0.281. The highest BCUT2D eigenvalue weighted by Gasteiger charge is 2.02. The van der Waals surface area contributed by atoms with E-state index < -0.39 is 0 Å². The van der Waals surface area contributed by atoms with Crippen LogP contribution >= 0.6 is 0 Å². The molecule has 28 heavy (non-hydrogen) atoms. The van der Waals surface area contributed by atoms with Gasteiger partial charge in [0.05, 0.1) is 6.61 Å². The highest BCUT2D eigenvalue weighted by molar-refractivity contribution is 5.48. The van der Waals surface area contributed by atoms with Gasteiger partial charge in [-0.1, -0.05) is 76.2 Å². The Hall–Kier alpha value is -1.36. The summed E-state index contributed by atoms with van der Waals surface area (Å²) in [5.74, 6) is 0.958. The summed E-state index contributed by atoms with van der Waals surface area (Å²) >= 11 is 0. The predicted octanol–water partition coefficient (Wildman–Crippen LogP) is 4.83. The topological polar surface area (TPSA) is 64.5 Å². The number of rotatable bonds is 19. The molecule has 0 radical (unpaired) electrons. The number of benzene rings is 1. The summed E-state index contributed by atoms with van der Waals surface area (Å²) in [7, 11) is 0. The van der Waals surface area contributed by atoms with E-state index in [1.54, 1.807) is 0 Å². The Morgan fingerprint density at radius 1 is 0.714 bits per heavy atom. The predicted molar refractivity (Wildman–Crippen MR) is 123 cm³/mol. The van der Waals surface area contributed by atoms with Crippen molar-refractivity contribution >= 4 is 6.08 Å². The molecule has 0 saturated carbocycles. The van der Waals surface area contributed by atoms with Gasteiger partial charge < -0.3 is 21.1 Å². The summed E-state index contributed by atoms with van der Waals surface area (Å²) in [6.45, 7) is 9.14. The van der Waals surface area contributed by atoms with E-state index in [1.165, 1.54) is 57.8 Å². The molecule has 0 spiro atoms. The van der Waals surface area contributed by atoms with E-state index in [-0.39, 0.29) is 0 Å². The van der Waals surface area contributed by atoms with Crippen molar-refractivity contribution in [3.8, 4) is 5.75 Å². The second kappa shape index (κ2) is 17.7. The summed E-state index contributed by atoms with van der Waals surface area (Å²) in [5.41, 5.74) is 12.4. The Morgan fingerprint density at radius 3 is 1.71 bits per heavy atom. The molecule has 4 N–H and O–H groups in total. The minimum absolute atomic E-state index is 0.731. The number of hydrogen-bond acceptors (Lipinski definition) is 4. The van der Waals surface area contributed by atoms with Gasteiger partial charge in [0.25, 0.3) is 0 Å². The number of ether oxygens (including phenoxy) is 1. The molecule has 0 atom stereocenters. The first-order valence-electron chi connectivity index (χ1n) is 11.3. The Balaban J connectivity index is 1.84. The van der Waals surface area contributed by atoms with E-state index in [1.807, 2.05) is 30.3 Å². The Morgan fingerprint density at radius 2 is 1.21 bits per heavy atom. The molecule has 4 heteroatoms. The summed E-state index contributed by atoms with van der Waals surface area (Å²) in [6, 6.07) is 8.12. The normalized spacial score (nSPS) is 11.1. The van der Waals surface area contributed by atoms with Crippen molar-refractivity contribution in [1.29, 1.82) is 0 Å². The van der Waals surface area contributed by atoms with Gasteiger partial charge in [0.15, 0.2) is 0 Å². The molecule has 0 aliphatic heterocycles. The average Bonchev–Trinajstić information content (AvgIpc) is 2.72. The maximum absolute atomic E-state index is 5.78. The van der Waals surface area contributed by atoms with Crippen molar-refractivity contribution in [2.75, 3.05) is 39.3 Å². The van der Waals surface area contributed by atoms with Crippen molar-refractivity contribution in [1.82, 2.24) is 4.90 Å². The van der Waals surface area contributed by atoms with E-state index >= 15 is 0 Å². The smallest absolute Gasteiger partial charge is 0.119 e. The zero-order valence-electron chi connectivity index (χ0n) is 17.9. The Bertz CT molecular complexity index is 469. The van der Waals surface area contributed by atoms with Crippen molar-refractivity contribution < 1.29 is 4.74 Å². The molecule has 0 heterocycles. The maximum atomic E-state index is 5.78. The van der Waals surface area contributed by atoms with Crippen LogP contribution in [0.1, 0.15) is 69.8 Å². The second-order valence-electron chi connectivity index (χ2n) is 7.58. The van der Waals surface area contributed by atoms with Gasteiger partial charge in [-0.15, -0.1) is 0 Å². The molecule has 1 aromatic rings. The summed E-state index contributed by atoms with van der Waals surface area (Å²) in [5, 5.41) is 0. The lowest BCUT2D eigenvalue weighted by Gasteiger charge is -2.20. The van der Waals surface area contributed by atoms with Crippen LogP contribution in [0.4, 0.5) is 0 Å². The van der Waals surface area contributed by atoms with Crippen molar-refractivity contribution in [3.05, 3.63) is 36.4 Å². The molecular weight excluding hydrogens is 346 g/mol.